The molecule has 2 aromatic carbocycles. The van der Waals surface area contributed by atoms with Gasteiger partial charge in [0.05, 0.1) is 26.1 Å². The number of hydrogen-bond donors (Lipinski definition) is 0. The Morgan fingerprint density at radius 2 is 1.03 bits per heavy atom. The Bertz CT molecular complexity index is 830. The summed E-state index contributed by atoms with van der Waals surface area (Å²) in [7, 11) is 2.93. The molecule has 184 valence electrons. The summed E-state index contributed by atoms with van der Waals surface area (Å²) in [6.07, 6.45) is 0. The molecule has 0 bridgehead atoms. The van der Waals surface area contributed by atoms with Gasteiger partial charge in [0.15, 0.2) is 0 Å². The molecular formula is C28H38N2O4. The standard InChI is InChI=1S/2C14H19NO2/c2*1-11-8-15(10-13(11)14(16)17-2)9-12-6-4-3-5-7-12/h2*3-7,11,13H,8-10H2,1-2H3/t2*11-,13-/m10/s1. The van der Waals surface area contributed by atoms with E-state index in [2.05, 4.69) is 47.9 Å². The van der Waals surface area contributed by atoms with Crippen LogP contribution in [0.2, 0.25) is 0 Å². The maximum atomic E-state index is 11.6. The van der Waals surface area contributed by atoms with Crippen molar-refractivity contribution < 1.29 is 19.1 Å². The third kappa shape index (κ3) is 7.15. The normalized spacial score (nSPS) is 24.8. The van der Waals surface area contributed by atoms with E-state index < -0.39 is 0 Å². The summed E-state index contributed by atoms with van der Waals surface area (Å²) in [5, 5.41) is 0. The Morgan fingerprint density at radius 1 is 0.676 bits per heavy atom. The maximum Gasteiger partial charge on any atom is 0.310 e. The zero-order chi connectivity index (χ0) is 24.5. The van der Waals surface area contributed by atoms with Crippen molar-refractivity contribution in [2.45, 2.75) is 26.9 Å². The number of carbonyl (C=O) groups excluding carboxylic acids is 2. The molecule has 4 rings (SSSR count). The van der Waals surface area contributed by atoms with Crippen LogP contribution >= 0.6 is 0 Å². The van der Waals surface area contributed by atoms with Gasteiger partial charge in [-0.25, -0.2) is 0 Å². The fourth-order valence-corrected chi connectivity index (χ4v) is 4.99. The Morgan fingerprint density at radius 3 is 1.35 bits per heavy atom. The highest BCUT2D eigenvalue weighted by Crippen LogP contribution is 2.26. The first-order chi connectivity index (χ1) is 16.4. The number of ether oxygens (including phenoxy) is 2. The van der Waals surface area contributed by atoms with E-state index >= 15 is 0 Å². The lowest BCUT2D eigenvalue weighted by Gasteiger charge is -2.15. The largest absolute Gasteiger partial charge is 0.469 e. The van der Waals surface area contributed by atoms with Gasteiger partial charge in [-0.05, 0) is 23.0 Å². The Kier molecular flexibility index (Phi) is 9.66. The van der Waals surface area contributed by atoms with Crippen molar-refractivity contribution >= 4 is 11.9 Å². The van der Waals surface area contributed by atoms with Crippen LogP contribution in [-0.2, 0) is 32.2 Å². The second kappa shape index (κ2) is 12.7. The van der Waals surface area contributed by atoms with Gasteiger partial charge in [0.2, 0.25) is 0 Å². The van der Waals surface area contributed by atoms with Crippen LogP contribution in [0.4, 0.5) is 0 Å². The molecule has 0 aliphatic carbocycles. The van der Waals surface area contributed by atoms with Crippen molar-refractivity contribution in [3.05, 3.63) is 71.8 Å². The fraction of sp³-hybridized carbons (Fsp3) is 0.500. The molecule has 0 radical (unpaired) electrons. The lowest BCUT2D eigenvalue weighted by molar-refractivity contribution is -0.146. The van der Waals surface area contributed by atoms with Crippen LogP contribution in [-0.4, -0.2) is 62.1 Å². The highest BCUT2D eigenvalue weighted by atomic mass is 16.5. The van der Waals surface area contributed by atoms with Gasteiger partial charge in [0, 0.05) is 39.3 Å². The molecule has 0 aromatic heterocycles. The van der Waals surface area contributed by atoms with Crippen molar-refractivity contribution in [3.8, 4) is 0 Å². The van der Waals surface area contributed by atoms with E-state index in [0.29, 0.717) is 11.8 Å². The summed E-state index contributed by atoms with van der Waals surface area (Å²) < 4.78 is 9.67. The summed E-state index contributed by atoms with van der Waals surface area (Å²) in [6, 6.07) is 20.7. The number of carbonyl (C=O) groups is 2. The smallest absolute Gasteiger partial charge is 0.310 e. The average molecular weight is 467 g/mol. The molecule has 0 N–H and O–H groups in total. The highest BCUT2D eigenvalue weighted by Gasteiger charge is 2.36. The molecule has 6 nitrogen and oxygen atoms in total. The van der Waals surface area contributed by atoms with Crippen LogP contribution in [0.1, 0.15) is 25.0 Å². The van der Waals surface area contributed by atoms with E-state index in [0.717, 1.165) is 39.3 Å². The molecule has 2 fully saturated rings. The number of hydrogen-bond acceptors (Lipinski definition) is 6. The molecule has 0 amide bonds. The monoisotopic (exact) mass is 466 g/mol. The van der Waals surface area contributed by atoms with Gasteiger partial charge in [-0.3, -0.25) is 19.4 Å². The quantitative estimate of drug-likeness (QED) is 0.603. The topological polar surface area (TPSA) is 59.1 Å². The molecule has 2 aromatic rings. The predicted octanol–water partition coefficient (Wildman–Crippen LogP) is 3.86. The lowest BCUT2D eigenvalue weighted by Crippen LogP contribution is -2.24. The number of methoxy groups -OCH3 is 2. The molecule has 0 spiro atoms. The zero-order valence-electron chi connectivity index (χ0n) is 20.9. The molecule has 0 unspecified atom stereocenters. The zero-order valence-corrected chi connectivity index (χ0v) is 20.9. The van der Waals surface area contributed by atoms with Crippen molar-refractivity contribution in [2.24, 2.45) is 23.7 Å². The van der Waals surface area contributed by atoms with Gasteiger partial charge < -0.3 is 9.47 Å². The Hall–Kier alpha value is -2.70. The van der Waals surface area contributed by atoms with E-state index in [-0.39, 0.29) is 23.8 Å². The van der Waals surface area contributed by atoms with E-state index in [1.165, 1.54) is 25.3 Å². The lowest BCUT2D eigenvalue weighted by atomic mass is 9.99. The second-order valence-electron chi connectivity index (χ2n) is 9.57. The van der Waals surface area contributed by atoms with Gasteiger partial charge >= 0.3 is 11.9 Å². The first-order valence-corrected chi connectivity index (χ1v) is 12.1. The van der Waals surface area contributed by atoms with E-state index in [1.807, 2.05) is 36.4 Å². The summed E-state index contributed by atoms with van der Waals surface area (Å²) in [5.74, 6) is 0.672. The number of esters is 2. The molecule has 2 aliphatic rings. The van der Waals surface area contributed by atoms with Crippen molar-refractivity contribution in [1.29, 1.82) is 0 Å². The summed E-state index contributed by atoms with van der Waals surface area (Å²) >= 11 is 0. The molecule has 4 atom stereocenters. The molecule has 2 saturated heterocycles. The minimum atomic E-state index is -0.0759. The predicted molar refractivity (Wildman–Crippen MR) is 133 cm³/mol. The highest BCUT2D eigenvalue weighted by molar-refractivity contribution is 5.73. The van der Waals surface area contributed by atoms with Gasteiger partial charge in [-0.1, -0.05) is 74.5 Å². The van der Waals surface area contributed by atoms with Gasteiger partial charge in [-0.15, -0.1) is 0 Å². The first-order valence-electron chi connectivity index (χ1n) is 12.1. The van der Waals surface area contributed by atoms with Crippen LogP contribution < -0.4 is 0 Å². The third-order valence-corrected chi connectivity index (χ3v) is 6.88. The molecule has 0 saturated carbocycles. The summed E-state index contributed by atoms with van der Waals surface area (Å²) in [6.45, 7) is 9.62. The van der Waals surface area contributed by atoms with Crippen molar-refractivity contribution in [2.75, 3.05) is 40.4 Å². The van der Waals surface area contributed by atoms with Crippen LogP contribution in [0.15, 0.2) is 60.7 Å². The minimum absolute atomic E-state index is 0.0312. The molecule has 2 heterocycles. The van der Waals surface area contributed by atoms with Gasteiger partial charge in [0.1, 0.15) is 0 Å². The molecule has 2 aliphatic heterocycles. The summed E-state index contributed by atoms with van der Waals surface area (Å²) in [5.41, 5.74) is 2.59. The van der Waals surface area contributed by atoms with Crippen LogP contribution in [0.25, 0.3) is 0 Å². The SMILES string of the molecule is COC(=O)[C@@H]1CN(Cc2ccccc2)C[C@H]1C.COC(=O)[C@H]1CN(Cc2ccccc2)C[C@@H]1C. The van der Waals surface area contributed by atoms with Crippen LogP contribution in [0.5, 0.6) is 0 Å². The summed E-state index contributed by atoms with van der Waals surface area (Å²) in [4.78, 5) is 27.8. The minimum Gasteiger partial charge on any atom is -0.469 e. The van der Waals surface area contributed by atoms with Crippen molar-refractivity contribution in [3.63, 3.8) is 0 Å². The fourth-order valence-electron chi connectivity index (χ4n) is 4.99. The second-order valence-corrected chi connectivity index (χ2v) is 9.57. The average Bonchev–Trinajstić information content (AvgIpc) is 3.41. The maximum absolute atomic E-state index is 11.6. The van der Waals surface area contributed by atoms with Crippen LogP contribution in [0, 0.1) is 23.7 Å². The Balaban J connectivity index is 0.000000191. The molecule has 34 heavy (non-hydrogen) atoms. The number of likely N-dealkylation sites (tertiary alicyclic amines) is 2. The number of nitrogens with zero attached hydrogens (tertiary/aromatic N) is 2. The number of rotatable bonds is 6. The van der Waals surface area contributed by atoms with E-state index in [1.54, 1.807) is 0 Å². The van der Waals surface area contributed by atoms with Gasteiger partial charge in [0.25, 0.3) is 0 Å². The third-order valence-electron chi connectivity index (χ3n) is 6.88. The van der Waals surface area contributed by atoms with Gasteiger partial charge in [-0.2, -0.15) is 0 Å². The first kappa shape index (κ1) is 25.9. The molecular weight excluding hydrogens is 428 g/mol. The van der Waals surface area contributed by atoms with E-state index in [9.17, 15) is 9.59 Å². The van der Waals surface area contributed by atoms with Crippen molar-refractivity contribution in [1.82, 2.24) is 9.80 Å². The Labute approximate surface area is 203 Å². The molecule has 6 heteroatoms. The van der Waals surface area contributed by atoms with Crippen LogP contribution in [0.3, 0.4) is 0 Å². The van der Waals surface area contributed by atoms with E-state index in [4.69, 9.17) is 9.47 Å². The number of benzene rings is 2.